The number of aryl methyl sites for hydroxylation is 2. The fraction of sp³-hybridized carbons (Fsp3) is 0.533. The number of hydrogen-bond donors (Lipinski definition) is 1. The zero-order valence-corrected chi connectivity index (χ0v) is 13.5. The SMILES string of the molecule is Cc1n[nH]c(C)c1C(C)CC(=O)N1CCc2ncsc2C1. The molecule has 1 atom stereocenters. The summed E-state index contributed by atoms with van der Waals surface area (Å²) in [4.78, 5) is 20.1. The maximum atomic E-state index is 12.5. The Balaban J connectivity index is 1.67. The second kappa shape index (κ2) is 5.60. The summed E-state index contributed by atoms with van der Waals surface area (Å²) < 4.78 is 0. The quantitative estimate of drug-likeness (QED) is 0.948. The van der Waals surface area contributed by atoms with E-state index in [-0.39, 0.29) is 11.8 Å². The summed E-state index contributed by atoms with van der Waals surface area (Å²) in [7, 11) is 0. The first-order chi connectivity index (χ1) is 10.1. The number of aromatic amines is 1. The summed E-state index contributed by atoms with van der Waals surface area (Å²) in [5, 5.41) is 7.22. The van der Waals surface area contributed by atoms with Crippen LogP contribution in [0.25, 0.3) is 0 Å². The molecule has 1 N–H and O–H groups in total. The number of hydrogen-bond acceptors (Lipinski definition) is 4. The predicted molar refractivity (Wildman–Crippen MR) is 82.3 cm³/mol. The van der Waals surface area contributed by atoms with Crippen LogP contribution in [-0.2, 0) is 17.8 Å². The summed E-state index contributed by atoms with van der Waals surface area (Å²) in [6.45, 7) is 7.61. The lowest BCUT2D eigenvalue weighted by atomic mass is 9.95. The van der Waals surface area contributed by atoms with Crippen LogP contribution in [0, 0.1) is 13.8 Å². The van der Waals surface area contributed by atoms with Crippen molar-refractivity contribution in [2.45, 2.75) is 46.1 Å². The van der Waals surface area contributed by atoms with Crippen LogP contribution in [0.15, 0.2) is 5.51 Å². The van der Waals surface area contributed by atoms with Gasteiger partial charge in [0.2, 0.25) is 5.91 Å². The Morgan fingerprint density at radius 3 is 3.05 bits per heavy atom. The van der Waals surface area contributed by atoms with E-state index in [1.165, 1.54) is 16.1 Å². The van der Waals surface area contributed by atoms with Crippen molar-refractivity contribution in [3.8, 4) is 0 Å². The van der Waals surface area contributed by atoms with Crippen molar-refractivity contribution in [3.05, 3.63) is 33.0 Å². The highest BCUT2D eigenvalue weighted by molar-refractivity contribution is 7.09. The number of thiazole rings is 1. The van der Waals surface area contributed by atoms with Crippen molar-refractivity contribution < 1.29 is 4.79 Å². The fourth-order valence-electron chi connectivity index (χ4n) is 3.11. The van der Waals surface area contributed by atoms with Crippen LogP contribution >= 0.6 is 11.3 Å². The molecule has 2 aromatic rings. The van der Waals surface area contributed by atoms with Crippen molar-refractivity contribution in [1.82, 2.24) is 20.1 Å². The number of nitrogens with zero attached hydrogens (tertiary/aromatic N) is 3. The van der Waals surface area contributed by atoms with Gasteiger partial charge in [0.05, 0.1) is 23.4 Å². The molecule has 3 rings (SSSR count). The summed E-state index contributed by atoms with van der Waals surface area (Å²) in [5.74, 6) is 0.417. The Bertz CT molecular complexity index is 641. The molecule has 1 amide bonds. The van der Waals surface area contributed by atoms with Gasteiger partial charge in [0.15, 0.2) is 0 Å². The molecule has 3 heterocycles. The molecule has 1 unspecified atom stereocenters. The molecule has 2 aromatic heterocycles. The predicted octanol–water partition coefficient (Wildman–Crippen LogP) is 2.56. The van der Waals surface area contributed by atoms with Gasteiger partial charge in [-0.25, -0.2) is 4.98 Å². The average Bonchev–Trinajstić information content (AvgIpc) is 3.04. The first kappa shape index (κ1) is 14.3. The van der Waals surface area contributed by atoms with E-state index in [1.54, 1.807) is 11.3 Å². The third-order valence-electron chi connectivity index (χ3n) is 4.19. The molecule has 5 nitrogen and oxygen atoms in total. The molecule has 1 aliphatic heterocycles. The Kier molecular flexibility index (Phi) is 3.80. The molecule has 0 aliphatic carbocycles. The van der Waals surface area contributed by atoms with E-state index < -0.39 is 0 Å². The molecular formula is C15H20N4OS. The summed E-state index contributed by atoms with van der Waals surface area (Å²) in [5.41, 5.74) is 6.28. The Labute approximate surface area is 128 Å². The van der Waals surface area contributed by atoms with Crippen molar-refractivity contribution >= 4 is 17.2 Å². The van der Waals surface area contributed by atoms with Crippen LogP contribution in [0.1, 0.15) is 46.8 Å². The molecule has 6 heteroatoms. The molecule has 1 aliphatic rings. The lowest BCUT2D eigenvalue weighted by Gasteiger charge is -2.27. The minimum absolute atomic E-state index is 0.194. The Morgan fingerprint density at radius 2 is 2.33 bits per heavy atom. The minimum atomic E-state index is 0.194. The van der Waals surface area contributed by atoms with Crippen LogP contribution in [0.2, 0.25) is 0 Å². The molecule has 0 saturated heterocycles. The largest absolute Gasteiger partial charge is 0.337 e. The van der Waals surface area contributed by atoms with Gasteiger partial charge in [0.1, 0.15) is 0 Å². The maximum absolute atomic E-state index is 12.5. The van der Waals surface area contributed by atoms with E-state index in [0.29, 0.717) is 6.42 Å². The van der Waals surface area contributed by atoms with Gasteiger partial charge >= 0.3 is 0 Å². The monoisotopic (exact) mass is 304 g/mol. The van der Waals surface area contributed by atoms with E-state index in [2.05, 4.69) is 22.1 Å². The summed E-state index contributed by atoms with van der Waals surface area (Å²) in [6, 6.07) is 0. The molecule has 0 radical (unpaired) electrons. The van der Waals surface area contributed by atoms with Crippen molar-refractivity contribution in [2.75, 3.05) is 6.54 Å². The zero-order chi connectivity index (χ0) is 15.0. The standard InChI is InChI=1S/C15H20N4OS/c1-9(15-10(2)17-18-11(15)3)6-14(20)19-5-4-12-13(7-19)21-8-16-12/h8-9H,4-7H2,1-3H3,(H,17,18). The number of rotatable bonds is 3. The average molecular weight is 304 g/mol. The normalized spacial score (nSPS) is 15.9. The topological polar surface area (TPSA) is 61.9 Å². The molecule has 0 saturated carbocycles. The number of carbonyl (C=O) groups is 1. The molecular weight excluding hydrogens is 284 g/mol. The van der Waals surface area contributed by atoms with Gasteiger partial charge in [-0.05, 0) is 25.3 Å². The number of carbonyl (C=O) groups excluding carboxylic acids is 1. The van der Waals surface area contributed by atoms with Gasteiger partial charge in [0.25, 0.3) is 0 Å². The lowest BCUT2D eigenvalue weighted by Crippen LogP contribution is -2.36. The van der Waals surface area contributed by atoms with Gasteiger partial charge in [-0.15, -0.1) is 11.3 Å². The number of aromatic nitrogens is 3. The molecule has 0 spiro atoms. The van der Waals surface area contributed by atoms with Gasteiger partial charge in [0, 0.05) is 30.0 Å². The number of fused-ring (bicyclic) bond motifs is 1. The van der Waals surface area contributed by atoms with Crippen LogP contribution in [-0.4, -0.2) is 32.5 Å². The third kappa shape index (κ3) is 2.72. The number of nitrogens with one attached hydrogen (secondary N) is 1. The molecule has 0 fully saturated rings. The molecule has 0 bridgehead atoms. The highest BCUT2D eigenvalue weighted by Crippen LogP contribution is 2.27. The van der Waals surface area contributed by atoms with E-state index in [1.807, 2.05) is 24.3 Å². The zero-order valence-electron chi connectivity index (χ0n) is 12.6. The van der Waals surface area contributed by atoms with Crippen LogP contribution in [0.3, 0.4) is 0 Å². The van der Waals surface area contributed by atoms with E-state index in [9.17, 15) is 4.79 Å². The van der Waals surface area contributed by atoms with Gasteiger partial charge < -0.3 is 4.90 Å². The first-order valence-electron chi connectivity index (χ1n) is 7.26. The van der Waals surface area contributed by atoms with Gasteiger partial charge in [-0.1, -0.05) is 6.92 Å². The van der Waals surface area contributed by atoms with Crippen LogP contribution < -0.4 is 0 Å². The van der Waals surface area contributed by atoms with E-state index in [0.717, 1.165) is 30.9 Å². The highest BCUT2D eigenvalue weighted by Gasteiger charge is 2.25. The van der Waals surface area contributed by atoms with Crippen LogP contribution in [0.4, 0.5) is 0 Å². The summed E-state index contributed by atoms with van der Waals surface area (Å²) >= 11 is 1.65. The number of amides is 1. The molecule has 112 valence electrons. The second-order valence-corrected chi connectivity index (χ2v) is 6.68. The van der Waals surface area contributed by atoms with Gasteiger partial charge in [-0.3, -0.25) is 9.89 Å². The summed E-state index contributed by atoms with van der Waals surface area (Å²) in [6.07, 6.45) is 1.41. The van der Waals surface area contributed by atoms with Crippen molar-refractivity contribution in [3.63, 3.8) is 0 Å². The molecule has 21 heavy (non-hydrogen) atoms. The second-order valence-electron chi connectivity index (χ2n) is 5.74. The minimum Gasteiger partial charge on any atom is -0.337 e. The van der Waals surface area contributed by atoms with Crippen molar-refractivity contribution in [2.24, 2.45) is 0 Å². The Hall–Kier alpha value is -1.69. The maximum Gasteiger partial charge on any atom is 0.223 e. The van der Waals surface area contributed by atoms with E-state index in [4.69, 9.17) is 0 Å². The smallest absolute Gasteiger partial charge is 0.223 e. The number of H-pyrrole nitrogens is 1. The van der Waals surface area contributed by atoms with Crippen molar-refractivity contribution in [1.29, 1.82) is 0 Å². The highest BCUT2D eigenvalue weighted by atomic mass is 32.1. The first-order valence-corrected chi connectivity index (χ1v) is 8.14. The van der Waals surface area contributed by atoms with E-state index >= 15 is 0 Å². The lowest BCUT2D eigenvalue weighted by molar-refractivity contribution is -0.132. The Morgan fingerprint density at radius 1 is 1.52 bits per heavy atom. The fourth-order valence-corrected chi connectivity index (χ4v) is 3.94. The molecule has 0 aromatic carbocycles. The third-order valence-corrected chi connectivity index (χ3v) is 5.05. The van der Waals surface area contributed by atoms with Crippen LogP contribution in [0.5, 0.6) is 0 Å². The van der Waals surface area contributed by atoms with Gasteiger partial charge in [-0.2, -0.15) is 5.10 Å².